The fourth-order valence-corrected chi connectivity index (χ4v) is 4.01. The van der Waals surface area contributed by atoms with Crippen LogP contribution in [0.25, 0.3) is 0 Å². The van der Waals surface area contributed by atoms with Gasteiger partial charge in [-0.05, 0) is 24.8 Å². The van der Waals surface area contributed by atoms with Crippen LogP contribution in [0.2, 0.25) is 0 Å². The van der Waals surface area contributed by atoms with Crippen LogP contribution in [0.4, 0.5) is 0 Å². The lowest BCUT2D eigenvalue weighted by atomic mass is 10.1. The number of rotatable bonds is 8. The van der Waals surface area contributed by atoms with E-state index in [1.807, 2.05) is 28.0 Å². The van der Waals surface area contributed by atoms with Gasteiger partial charge in [0.2, 0.25) is 11.8 Å². The second-order valence-electron chi connectivity index (χ2n) is 7.38. The molecule has 0 spiro atoms. The summed E-state index contributed by atoms with van der Waals surface area (Å²) in [5.74, 6) is 0.458. The topological polar surface area (TPSA) is 53.1 Å². The maximum absolute atomic E-state index is 12.6. The molecule has 0 aliphatic carbocycles. The van der Waals surface area contributed by atoms with Gasteiger partial charge in [0.1, 0.15) is 0 Å². The number of nitrogens with zero attached hydrogens (tertiary/aromatic N) is 3. The van der Waals surface area contributed by atoms with E-state index in [0.29, 0.717) is 19.6 Å². The van der Waals surface area contributed by atoms with Gasteiger partial charge in [0, 0.05) is 52.8 Å². The number of amides is 2. The van der Waals surface area contributed by atoms with Crippen LogP contribution in [-0.4, -0.2) is 85.5 Å². The molecule has 2 saturated heterocycles. The lowest BCUT2D eigenvalue weighted by Crippen LogP contribution is -2.53. The Morgan fingerprint density at radius 1 is 1.11 bits per heavy atom. The van der Waals surface area contributed by atoms with E-state index in [-0.39, 0.29) is 17.9 Å². The number of likely N-dealkylation sites (tertiary alicyclic amines) is 1. The smallest absolute Gasteiger partial charge is 0.240 e. The minimum absolute atomic E-state index is 0.0165. The van der Waals surface area contributed by atoms with Crippen molar-refractivity contribution in [1.82, 2.24) is 14.7 Å². The van der Waals surface area contributed by atoms with Crippen molar-refractivity contribution in [2.24, 2.45) is 0 Å². The van der Waals surface area contributed by atoms with Crippen molar-refractivity contribution >= 4 is 11.8 Å². The third-order valence-corrected chi connectivity index (χ3v) is 5.64. The Balaban J connectivity index is 1.38. The monoisotopic (exact) mass is 373 g/mol. The number of carbonyl (C=O) groups is 2. The van der Waals surface area contributed by atoms with Crippen LogP contribution in [0.1, 0.15) is 24.8 Å². The normalized spacial score (nSPS) is 21.1. The molecule has 0 bridgehead atoms. The molecule has 3 rings (SSSR count). The van der Waals surface area contributed by atoms with Gasteiger partial charge >= 0.3 is 0 Å². The molecule has 148 valence electrons. The first-order valence-corrected chi connectivity index (χ1v) is 10.0. The standard InChI is InChI=1S/C21H31N3O3/c1-27-17-16-24-11-10-19(21(24)26)22-12-14-23(15-13-22)20(25)9-5-8-18-6-3-2-4-7-18/h2-4,6-7,19H,5,8-17H2,1H3. The fourth-order valence-electron chi connectivity index (χ4n) is 4.01. The molecular weight excluding hydrogens is 342 g/mol. The molecule has 6 heteroatoms. The van der Waals surface area contributed by atoms with Crippen LogP contribution in [0.5, 0.6) is 0 Å². The van der Waals surface area contributed by atoms with Gasteiger partial charge in [-0.3, -0.25) is 14.5 Å². The maximum atomic E-state index is 12.6. The highest BCUT2D eigenvalue weighted by molar-refractivity contribution is 5.84. The molecule has 0 N–H and O–H groups in total. The third-order valence-electron chi connectivity index (χ3n) is 5.64. The summed E-state index contributed by atoms with van der Waals surface area (Å²) in [4.78, 5) is 31.1. The molecular formula is C21H31N3O3. The van der Waals surface area contributed by atoms with Gasteiger partial charge in [-0.2, -0.15) is 0 Å². The van der Waals surface area contributed by atoms with Gasteiger partial charge < -0.3 is 14.5 Å². The van der Waals surface area contributed by atoms with Crippen molar-refractivity contribution in [2.45, 2.75) is 31.7 Å². The Morgan fingerprint density at radius 2 is 1.85 bits per heavy atom. The van der Waals surface area contributed by atoms with Crippen molar-refractivity contribution in [3.05, 3.63) is 35.9 Å². The van der Waals surface area contributed by atoms with Crippen molar-refractivity contribution in [3.8, 4) is 0 Å². The summed E-state index contributed by atoms with van der Waals surface area (Å²) in [7, 11) is 1.66. The Hall–Kier alpha value is -1.92. The van der Waals surface area contributed by atoms with Crippen molar-refractivity contribution in [1.29, 1.82) is 0 Å². The molecule has 2 aliphatic rings. The molecule has 6 nitrogen and oxygen atoms in total. The van der Waals surface area contributed by atoms with Crippen LogP contribution in [0, 0.1) is 0 Å². The first-order valence-electron chi connectivity index (χ1n) is 10.0. The second kappa shape index (κ2) is 9.85. The summed E-state index contributed by atoms with van der Waals surface area (Å²) in [5.41, 5.74) is 1.29. The van der Waals surface area contributed by atoms with E-state index in [4.69, 9.17) is 4.74 Å². The summed E-state index contributed by atoms with van der Waals surface area (Å²) in [6, 6.07) is 10.3. The lowest BCUT2D eigenvalue weighted by molar-refractivity contribution is -0.136. The average Bonchev–Trinajstić information content (AvgIpc) is 3.07. The number of benzene rings is 1. The summed E-state index contributed by atoms with van der Waals surface area (Å²) < 4.78 is 5.08. The summed E-state index contributed by atoms with van der Waals surface area (Å²) in [6.45, 7) is 5.11. The van der Waals surface area contributed by atoms with Gasteiger partial charge in [0.15, 0.2) is 0 Å². The van der Waals surface area contributed by atoms with Crippen LogP contribution in [0.15, 0.2) is 30.3 Å². The molecule has 2 aliphatic heterocycles. The van der Waals surface area contributed by atoms with E-state index in [1.54, 1.807) is 7.11 Å². The second-order valence-corrected chi connectivity index (χ2v) is 7.38. The minimum Gasteiger partial charge on any atom is -0.383 e. The average molecular weight is 373 g/mol. The van der Waals surface area contributed by atoms with E-state index >= 15 is 0 Å². The van der Waals surface area contributed by atoms with Crippen LogP contribution in [-0.2, 0) is 20.7 Å². The number of piperazine rings is 1. The zero-order chi connectivity index (χ0) is 19.1. The highest BCUT2D eigenvalue weighted by atomic mass is 16.5. The van der Waals surface area contributed by atoms with Gasteiger partial charge in [0.05, 0.1) is 12.6 Å². The number of hydrogen-bond donors (Lipinski definition) is 0. The van der Waals surface area contributed by atoms with Crippen molar-refractivity contribution < 1.29 is 14.3 Å². The Morgan fingerprint density at radius 3 is 2.56 bits per heavy atom. The number of methoxy groups -OCH3 is 1. The molecule has 1 unspecified atom stereocenters. The molecule has 1 aromatic carbocycles. The first kappa shape index (κ1) is 19.8. The molecule has 2 heterocycles. The molecule has 0 radical (unpaired) electrons. The van der Waals surface area contributed by atoms with E-state index in [0.717, 1.165) is 52.0 Å². The van der Waals surface area contributed by atoms with Gasteiger partial charge in [-0.1, -0.05) is 30.3 Å². The predicted molar refractivity (Wildman–Crippen MR) is 104 cm³/mol. The van der Waals surface area contributed by atoms with Gasteiger partial charge in [-0.15, -0.1) is 0 Å². The van der Waals surface area contributed by atoms with E-state index in [9.17, 15) is 9.59 Å². The Bertz CT molecular complexity index is 614. The Labute approximate surface area is 162 Å². The number of ether oxygens (including phenoxy) is 1. The third kappa shape index (κ3) is 5.30. The van der Waals surface area contributed by atoms with E-state index < -0.39 is 0 Å². The number of aryl methyl sites for hydroxylation is 1. The zero-order valence-electron chi connectivity index (χ0n) is 16.3. The highest BCUT2D eigenvalue weighted by Crippen LogP contribution is 2.19. The first-order chi connectivity index (χ1) is 13.2. The summed E-state index contributed by atoms with van der Waals surface area (Å²) in [6.07, 6.45) is 3.31. The van der Waals surface area contributed by atoms with Gasteiger partial charge in [0.25, 0.3) is 0 Å². The SMILES string of the molecule is COCCN1CCC(N2CCN(C(=O)CCCc3ccccc3)CC2)C1=O. The maximum Gasteiger partial charge on any atom is 0.240 e. The lowest BCUT2D eigenvalue weighted by Gasteiger charge is -2.37. The summed E-state index contributed by atoms with van der Waals surface area (Å²) in [5, 5.41) is 0. The molecule has 1 atom stereocenters. The molecule has 0 aromatic heterocycles. The molecule has 27 heavy (non-hydrogen) atoms. The molecule has 2 amide bonds. The largest absolute Gasteiger partial charge is 0.383 e. The van der Waals surface area contributed by atoms with Crippen LogP contribution < -0.4 is 0 Å². The fraction of sp³-hybridized carbons (Fsp3) is 0.619. The number of carbonyl (C=O) groups excluding carboxylic acids is 2. The molecule has 0 saturated carbocycles. The highest BCUT2D eigenvalue weighted by Gasteiger charge is 2.37. The van der Waals surface area contributed by atoms with E-state index in [2.05, 4.69) is 17.0 Å². The van der Waals surface area contributed by atoms with Crippen LogP contribution in [0.3, 0.4) is 0 Å². The molecule has 2 fully saturated rings. The van der Waals surface area contributed by atoms with Crippen molar-refractivity contribution in [3.63, 3.8) is 0 Å². The predicted octanol–water partition coefficient (Wildman–Crippen LogP) is 1.40. The van der Waals surface area contributed by atoms with Crippen LogP contribution >= 0.6 is 0 Å². The zero-order valence-corrected chi connectivity index (χ0v) is 16.3. The van der Waals surface area contributed by atoms with Crippen molar-refractivity contribution in [2.75, 3.05) is 53.0 Å². The minimum atomic E-state index is -0.0165. The van der Waals surface area contributed by atoms with Gasteiger partial charge in [-0.25, -0.2) is 0 Å². The molecule has 1 aromatic rings. The summed E-state index contributed by atoms with van der Waals surface area (Å²) >= 11 is 0. The quantitative estimate of drug-likeness (QED) is 0.691. The number of hydrogen-bond acceptors (Lipinski definition) is 4. The Kier molecular flexibility index (Phi) is 7.24. The van der Waals surface area contributed by atoms with E-state index in [1.165, 1.54) is 5.56 Å².